The molecular weight excluding hydrogens is 482 g/mol. The first-order valence-electron chi connectivity index (χ1n) is 11.9. The van der Waals surface area contributed by atoms with Crippen molar-refractivity contribution in [2.24, 2.45) is 0 Å². The van der Waals surface area contributed by atoms with E-state index in [-0.39, 0.29) is 19.0 Å². The zero-order valence-corrected chi connectivity index (χ0v) is 20.7. The lowest BCUT2D eigenvalue weighted by Crippen LogP contribution is -2.50. The number of rotatable bonds is 4. The van der Waals surface area contributed by atoms with Crippen LogP contribution in [0.1, 0.15) is 10.5 Å². The van der Waals surface area contributed by atoms with E-state index in [9.17, 15) is 13.2 Å². The minimum atomic E-state index is -3.27. The van der Waals surface area contributed by atoms with Gasteiger partial charge in [-0.05, 0) is 12.1 Å². The molecule has 2 fully saturated rings. The molecule has 0 spiro atoms. The number of aromatic amines is 1. The van der Waals surface area contributed by atoms with Crippen molar-refractivity contribution in [1.29, 1.82) is 0 Å². The maximum atomic E-state index is 13.3. The number of benzene rings is 1. The highest BCUT2D eigenvalue weighted by molar-refractivity contribution is 7.88. The number of carbonyl (C=O) groups excluding carboxylic acids is 1. The number of nitrogens with zero attached hydrogens (tertiary/aromatic N) is 6. The van der Waals surface area contributed by atoms with Gasteiger partial charge in [-0.2, -0.15) is 4.31 Å². The maximum absolute atomic E-state index is 13.3. The number of amides is 1. The standard InChI is InChI=1S/C24H27N7O4S/c1-36(33,34)31-9-7-29(8-10-31)24(32)21-16-30-15-20(17-3-2-4-19-18(17)5-6-25-19)26-22(23(30)27-21)28-11-13-35-14-12-28/h2-6,15-16,25H,7-14H2,1H3. The molecule has 0 bridgehead atoms. The van der Waals surface area contributed by atoms with E-state index in [4.69, 9.17) is 14.7 Å². The van der Waals surface area contributed by atoms with Crippen LogP contribution in [0, 0.1) is 0 Å². The summed E-state index contributed by atoms with van der Waals surface area (Å²) in [5.74, 6) is 0.498. The molecule has 12 heteroatoms. The Morgan fingerprint density at radius 2 is 1.78 bits per heavy atom. The van der Waals surface area contributed by atoms with E-state index in [1.165, 1.54) is 10.6 Å². The normalized spacial score (nSPS) is 17.8. The van der Waals surface area contributed by atoms with Crippen LogP contribution < -0.4 is 4.90 Å². The molecule has 2 aliphatic rings. The minimum Gasteiger partial charge on any atom is -0.378 e. The molecule has 0 unspecified atom stereocenters. The number of sulfonamides is 1. The fraction of sp³-hybridized carbons (Fsp3) is 0.375. The van der Waals surface area contributed by atoms with Gasteiger partial charge in [0.15, 0.2) is 11.5 Å². The Morgan fingerprint density at radius 3 is 2.53 bits per heavy atom. The van der Waals surface area contributed by atoms with Crippen LogP contribution in [0.15, 0.2) is 42.9 Å². The highest BCUT2D eigenvalue weighted by Crippen LogP contribution is 2.30. The Kier molecular flexibility index (Phi) is 5.66. The third-order valence-corrected chi connectivity index (χ3v) is 8.12. The molecule has 1 N–H and O–H groups in total. The Balaban J connectivity index is 1.39. The highest BCUT2D eigenvalue weighted by Gasteiger charge is 2.29. The summed E-state index contributed by atoms with van der Waals surface area (Å²) in [5.41, 5.74) is 3.73. The van der Waals surface area contributed by atoms with Crippen molar-refractivity contribution in [1.82, 2.24) is 28.6 Å². The summed E-state index contributed by atoms with van der Waals surface area (Å²) in [5, 5.41) is 1.07. The number of imidazole rings is 1. The van der Waals surface area contributed by atoms with Crippen LogP contribution in [0.3, 0.4) is 0 Å². The summed E-state index contributed by atoms with van der Waals surface area (Å²) in [6.07, 6.45) is 6.75. The second kappa shape index (κ2) is 8.87. The SMILES string of the molecule is CS(=O)(=O)N1CCN(C(=O)c2cn3cc(-c4cccc5[nH]ccc45)nc(N4CCOCC4)c3n2)CC1. The Morgan fingerprint density at radius 1 is 1.00 bits per heavy atom. The average Bonchev–Trinajstić information content (AvgIpc) is 3.55. The van der Waals surface area contributed by atoms with Gasteiger partial charge in [-0.3, -0.25) is 4.79 Å². The van der Waals surface area contributed by atoms with E-state index < -0.39 is 10.0 Å². The van der Waals surface area contributed by atoms with Crippen molar-refractivity contribution in [3.63, 3.8) is 0 Å². The fourth-order valence-corrected chi connectivity index (χ4v) is 5.72. The molecule has 0 atom stereocenters. The first kappa shape index (κ1) is 23.0. The molecule has 5 heterocycles. The first-order valence-corrected chi connectivity index (χ1v) is 13.8. The molecule has 11 nitrogen and oxygen atoms in total. The molecular formula is C24H27N7O4S. The lowest BCUT2D eigenvalue weighted by Gasteiger charge is -2.32. The number of hydrogen-bond acceptors (Lipinski definition) is 7. The highest BCUT2D eigenvalue weighted by atomic mass is 32.2. The van der Waals surface area contributed by atoms with Gasteiger partial charge >= 0.3 is 0 Å². The van der Waals surface area contributed by atoms with Gasteiger partial charge in [0.05, 0.1) is 25.2 Å². The molecule has 3 aromatic heterocycles. The summed E-state index contributed by atoms with van der Waals surface area (Å²) in [6, 6.07) is 8.09. The number of nitrogens with one attached hydrogen (secondary N) is 1. The largest absolute Gasteiger partial charge is 0.378 e. The van der Waals surface area contributed by atoms with Gasteiger partial charge in [-0.15, -0.1) is 0 Å². The molecule has 36 heavy (non-hydrogen) atoms. The number of ether oxygens (including phenoxy) is 1. The second-order valence-electron chi connectivity index (χ2n) is 9.10. The Bertz CT molecular complexity index is 1550. The molecule has 1 aromatic carbocycles. The third kappa shape index (κ3) is 4.10. The number of carbonyl (C=O) groups is 1. The maximum Gasteiger partial charge on any atom is 0.274 e. The summed E-state index contributed by atoms with van der Waals surface area (Å²) < 4.78 is 32.5. The van der Waals surface area contributed by atoms with Gasteiger partial charge in [-0.25, -0.2) is 18.4 Å². The average molecular weight is 510 g/mol. The Hall–Kier alpha value is -3.48. The van der Waals surface area contributed by atoms with Crippen LogP contribution in [0.4, 0.5) is 5.82 Å². The van der Waals surface area contributed by atoms with E-state index in [1.807, 2.05) is 41.1 Å². The van der Waals surface area contributed by atoms with Crippen molar-refractivity contribution >= 4 is 38.3 Å². The van der Waals surface area contributed by atoms with Gasteiger partial charge in [0, 0.05) is 74.3 Å². The summed E-state index contributed by atoms with van der Waals surface area (Å²) in [4.78, 5) is 30.1. The van der Waals surface area contributed by atoms with Gasteiger partial charge in [-0.1, -0.05) is 12.1 Å². The summed E-state index contributed by atoms with van der Waals surface area (Å²) >= 11 is 0. The topological polar surface area (TPSA) is 116 Å². The van der Waals surface area contributed by atoms with Crippen LogP contribution in [0.25, 0.3) is 27.8 Å². The third-order valence-electron chi connectivity index (χ3n) is 6.82. The van der Waals surface area contributed by atoms with Gasteiger partial charge in [0.25, 0.3) is 5.91 Å². The van der Waals surface area contributed by atoms with E-state index in [1.54, 1.807) is 11.1 Å². The lowest BCUT2D eigenvalue weighted by molar-refractivity contribution is 0.0693. The van der Waals surface area contributed by atoms with E-state index in [2.05, 4.69) is 9.88 Å². The molecule has 0 radical (unpaired) electrons. The van der Waals surface area contributed by atoms with Crippen LogP contribution in [0.5, 0.6) is 0 Å². The van der Waals surface area contributed by atoms with Gasteiger partial charge in [0.1, 0.15) is 5.69 Å². The van der Waals surface area contributed by atoms with Gasteiger partial charge in [0.2, 0.25) is 10.0 Å². The number of morpholine rings is 1. The van der Waals surface area contributed by atoms with E-state index in [0.717, 1.165) is 22.2 Å². The molecule has 2 saturated heterocycles. The smallest absolute Gasteiger partial charge is 0.274 e. The van der Waals surface area contributed by atoms with Crippen LogP contribution in [0.2, 0.25) is 0 Å². The van der Waals surface area contributed by atoms with Crippen molar-refractivity contribution < 1.29 is 17.9 Å². The quantitative estimate of drug-likeness (QED) is 0.442. The summed E-state index contributed by atoms with van der Waals surface area (Å²) in [7, 11) is -3.27. The monoisotopic (exact) mass is 509 g/mol. The number of aromatic nitrogens is 4. The number of H-pyrrole nitrogens is 1. The number of fused-ring (bicyclic) bond motifs is 2. The summed E-state index contributed by atoms with van der Waals surface area (Å²) in [6.45, 7) is 3.79. The molecule has 1 amide bonds. The van der Waals surface area contributed by atoms with Crippen molar-refractivity contribution in [2.45, 2.75) is 0 Å². The van der Waals surface area contributed by atoms with Gasteiger partial charge < -0.3 is 23.9 Å². The van der Waals surface area contributed by atoms with E-state index in [0.29, 0.717) is 56.6 Å². The second-order valence-corrected chi connectivity index (χ2v) is 11.1. The number of hydrogen-bond donors (Lipinski definition) is 1. The molecule has 0 saturated carbocycles. The fourth-order valence-electron chi connectivity index (χ4n) is 4.90. The Labute approximate surface area is 208 Å². The molecule has 188 valence electrons. The van der Waals surface area contributed by atoms with E-state index >= 15 is 0 Å². The van der Waals surface area contributed by atoms with Crippen molar-refractivity contribution in [3.05, 3.63) is 48.5 Å². The molecule has 4 aromatic rings. The van der Waals surface area contributed by atoms with Crippen molar-refractivity contribution in [2.75, 3.05) is 63.6 Å². The predicted octanol–water partition coefficient (Wildman–Crippen LogP) is 1.43. The van der Waals surface area contributed by atoms with Crippen LogP contribution >= 0.6 is 0 Å². The number of anilines is 1. The minimum absolute atomic E-state index is 0.214. The molecule has 0 aliphatic carbocycles. The zero-order chi connectivity index (χ0) is 24.9. The van der Waals surface area contributed by atoms with Crippen molar-refractivity contribution in [3.8, 4) is 11.3 Å². The predicted molar refractivity (Wildman–Crippen MR) is 136 cm³/mol. The molecule has 6 rings (SSSR count). The molecule has 2 aliphatic heterocycles. The van der Waals surface area contributed by atoms with Crippen LogP contribution in [-0.4, -0.2) is 102 Å². The lowest BCUT2D eigenvalue weighted by atomic mass is 10.1. The number of piperazine rings is 1. The zero-order valence-electron chi connectivity index (χ0n) is 19.9. The van der Waals surface area contributed by atoms with Crippen LogP contribution in [-0.2, 0) is 14.8 Å². The first-order chi connectivity index (χ1) is 17.4.